The normalized spacial score (nSPS) is 7.70. The Kier molecular flexibility index (Phi) is 5.56. The molecule has 1 aromatic heterocycles. The summed E-state index contributed by atoms with van der Waals surface area (Å²) in [5.41, 5.74) is 4.65. The first kappa shape index (κ1) is 9.03. The molecule has 1 amide bonds. The lowest BCUT2D eigenvalue weighted by atomic mass is 10.5. The number of hydrogen-bond acceptors (Lipinski definition) is 4. The van der Waals surface area contributed by atoms with Gasteiger partial charge in [0.25, 0.3) is 0 Å². The SMILES string of the molecule is CCC(N)=O.c1csnn1. The number of aromatic nitrogens is 2. The van der Waals surface area contributed by atoms with Crippen molar-refractivity contribution in [2.45, 2.75) is 13.3 Å². The average molecular weight is 159 g/mol. The van der Waals surface area contributed by atoms with Crippen LogP contribution in [0.2, 0.25) is 0 Å². The minimum Gasteiger partial charge on any atom is -0.370 e. The number of nitrogens with two attached hydrogens (primary N) is 1. The molecule has 56 valence electrons. The minimum absolute atomic E-state index is 0.245. The summed E-state index contributed by atoms with van der Waals surface area (Å²) < 4.78 is 3.51. The predicted molar refractivity (Wildman–Crippen MR) is 39.4 cm³/mol. The van der Waals surface area contributed by atoms with Crippen LogP contribution in [0.5, 0.6) is 0 Å². The van der Waals surface area contributed by atoms with Gasteiger partial charge in [0.2, 0.25) is 5.91 Å². The molecule has 0 aliphatic heterocycles. The van der Waals surface area contributed by atoms with Crippen LogP contribution in [-0.2, 0) is 4.79 Å². The molecule has 0 aromatic carbocycles. The lowest BCUT2D eigenvalue weighted by Gasteiger charge is -1.73. The highest BCUT2D eigenvalue weighted by atomic mass is 32.1. The summed E-state index contributed by atoms with van der Waals surface area (Å²) in [6, 6.07) is 0. The van der Waals surface area contributed by atoms with Crippen LogP contribution >= 0.6 is 11.5 Å². The second kappa shape index (κ2) is 6.15. The number of amides is 1. The van der Waals surface area contributed by atoms with Gasteiger partial charge in [-0.2, -0.15) is 0 Å². The molecule has 0 spiro atoms. The quantitative estimate of drug-likeness (QED) is 0.645. The van der Waals surface area contributed by atoms with E-state index in [-0.39, 0.29) is 5.91 Å². The van der Waals surface area contributed by atoms with Gasteiger partial charge in [-0.25, -0.2) is 0 Å². The van der Waals surface area contributed by atoms with Crippen molar-refractivity contribution in [3.8, 4) is 0 Å². The van der Waals surface area contributed by atoms with Gasteiger partial charge >= 0.3 is 0 Å². The molecule has 5 heteroatoms. The number of nitrogens with zero attached hydrogens (tertiary/aromatic N) is 2. The van der Waals surface area contributed by atoms with Crippen molar-refractivity contribution in [1.29, 1.82) is 0 Å². The Labute approximate surface area is 63.2 Å². The summed E-state index contributed by atoms with van der Waals surface area (Å²) in [4.78, 5) is 9.59. The Balaban J connectivity index is 0.000000162. The molecule has 2 N–H and O–H groups in total. The van der Waals surface area contributed by atoms with Gasteiger partial charge in [-0.15, -0.1) is 5.10 Å². The molecule has 0 atom stereocenters. The van der Waals surface area contributed by atoms with Crippen LogP contribution in [0.15, 0.2) is 11.6 Å². The fourth-order valence-electron chi connectivity index (χ4n) is 0.136. The van der Waals surface area contributed by atoms with E-state index in [9.17, 15) is 4.79 Å². The summed E-state index contributed by atoms with van der Waals surface area (Å²) in [6.45, 7) is 1.72. The van der Waals surface area contributed by atoms with Crippen molar-refractivity contribution in [2.75, 3.05) is 0 Å². The highest BCUT2D eigenvalue weighted by Crippen LogP contribution is 1.78. The maximum Gasteiger partial charge on any atom is 0.217 e. The number of primary amides is 1. The van der Waals surface area contributed by atoms with Gasteiger partial charge < -0.3 is 5.73 Å². The van der Waals surface area contributed by atoms with E-state index in [0.29, 0.717) is 6.42 Å². The van der Waals surface area contributed by atoms with E-state index in [1.807, 2.05) is 5.38 Å². The van der Waals surface area contributed by atoms with Gasteiger partial charge in [0.1, 0.15) is 0 Å². The van der Waals surface area contributed by atoms with E-state index >= 15 is 0 Å². The Morgan fingerprint density at radius 2 is 2.40 bits per heavy atom. The summed E-state index contributed by atoms with van der Waals surface area (Å²) >= 11 is 1.35. The third-order valence-electron chi connectivity index (χ3n) is 0.631. The van der Waals surface area contributed by atoms with Crippen molar-refractivity contribution >= 4 is 17.4 Å². The standard InChI is InChI=1S/C3H7NO.C2H2N2S/c1-2-3(4)5;1-2-5-4-3-1/h2H2,1H3,(H2,4,5);1-2H. The van der Waals surface area contributed by atoms with E-state index < -0.39 is 0 Å². The van der Waals surface area contributed by atoms with Crippen LogP contribution in [0.1, 0.15) is 13.3 Å². The van der Waals surface area contributed by atoms with Gasteiger partial charge in [-0.05, 0) is 11.5 Å². The molecule has 10 heavy (non-hydrogen) atoms. The molecular weight excluding hydrogens is 150 g/mol. The summed E-state index contributed by atoms with van der Waals surface area (Å²) in [7, 11) is 0. The molecule has 4 nitrogen and oxygen atoms in total. The Morgan fingerprint density at radius 3 is 2.50 bits per heavy atom. The molecular formula is C5H9N3OS. The van der Waals surface area contributed by atoms with Crippen molar-refractivity contribution in [2.24, 2.45) is 5.73 Å². The molecule has 1 rings (SSSR count). The van der Waals surface area contributed by atoms with E-state index in [1.165, 1.54) is 11.5 Å². The molecule has 0 saturated heterocycles. The molecule has 0 aliphatic rings. The van der Waals surface area contributed by atoms with Gasteiger partial charge in [-0.3, -0.25) is 4.79 Å². The molecule has 0 aliphatic carbocycles. The van der Waals surface area contributed by atoms with E-state index in [4.69, 9.17) is 0 Å². The Hall–Kier alpha value is -0.970. The van der Waals surface area contributed by atoms with Crippen LogP contribution in [0.25, 0.3) is 0 Å². The summed E-state index contributed by atoms with van der Waals surface area (Å²) in [6.07, 6.45) is 2.10. The molecule has 0 fully saturated rings. The summed E-state index contributed by atoms with van der Waals surface area (Å²) in [5, 5.41) is 5.31. The second-order valence-electron chi connectivity index (χ2n) is 1.41. The molecule has 0 saturated carbocycles. The van der Waals surface area contributed by atoms with E-state index in [2.05, 4.69) is 15.3 Å². The lowest BCUT2D eigenvalue weighted by molar-refractivity contribution is -0.117. The Morgan fingerprint density at radius 1 is 1.80 bits per heavy atom. The van der Waals surface area contributed by atoms with Crippen molar-refractivity contribution in [3.05, 3.63) is 11.6 Å². The fraction of sp³-hybridized carbons (Fsp3) is 0.400. The van der Waals surface area contributed by atoms with Gasteiger partial charge in [0.05, 0.1) is 6.20 Å². The average Bonchev–Trinajstić information content (AvgIpc) is 2.43. The lowest BCUT2D eigenvalue weighted by Crippen LogP contribution is -2.06. The predicted octanol–water partition coefficient (Wildman–Crippen LogP) is 0.420. The molecule has 0 bridgehead atoms. The number of carbonyl (C=O) groups excluding carboxylic acids is 1. The number of carbonyl (C=O) groups is 1. The first-order chi connectivity index (χ1) is 4.77. The zero-order chi connectivity index (χ0) is 7.82. The zero-order valence-electron chi connectivity index (χ0n) is 5.65. The zero-order valence-corrected chi connectivity index (χ0v) is 6.47. The first-order valence-electron chi connectivity index (χ1n) is 2.76. The van der Waals surface area contributed by atoms with Gasteiger partial charge in [-0.1, -0.05) is 11.4 Å². The van der Waals surface area contributed by atoms with Crippen molar-refractivity contribution in [3.63, 3.8) is 0 Å². The third-order valence-corrected chi connectivity index (χ3v) is 1.06. The number of rotatable bonds is 1. The number of hydrogen-bond donors (Lipinski definition) is 1. The molecule has 1 heterocycles. The van der Waals surface area contributed by atoms with Crippen molar-refractivity contribution < 1.29 is 4.79 Å². The Bertz CT molecular complexity index is 146. The topological polar surface area (TPSA) is 68.9 Å². The maximum atomic E-state index is 9.59. The summed E-state index contributed by atoms with van der Waals surface area (Å²) in [5.74, 6) is -0.245. The van der Waals surface area contributed by atoms with Crippen LogP contribution in [0.4, 0.5) is 0 Å². The molecule has 0 unspecified atom stereocenters. The maximum absolute atomic E-state index is 9.59. The first-order valence-corrected chi connectivity index (χ1v) is 3.60. The van der Waals surface area contributed by atoms with Crippen LogP contribution in [0, 0.1) is 0 Å². The van der Waals surface area contributed by atoms with E-state index in [1.54, 1.807) is 13.1 Å². The van der Waals surface area contributed by atoms with Crippen molar-refractivity contribution in [1.82, 2.24) is 9.59 Å². The van der Waals surface area contributed by atoms with Crippen LogP contribution in [-0.4, -0.2) is 15.5 Å². The molecule has 1 aromatic rings. The molecule has 0 radical (unpaired) electrons. The third kappa shape index (κ3) is 7.03. The fourth-order valence-corrected chi connectivity index (χ4v) is 0.408. The van der Waals surface area contributed by atoms with Crippen LogP contribution < -0.4 is 5.73 Å². The van der Waals surface area contributed by atoms with Crippen LogP contribution in [0.3, 0.4) is 0 Å². The highest BCUT2D eigenvalue weighted by Gasteiger charge is 1.77. The van der Waals surface area contributed by atoms with Gasteiger partial charge in [0, 0.05) is 11.8 Å². The second-order valence-corrected chi connectivity index (χ2v) is 2.05. The smallest absolute Gasteiger partial charge is 0.217 e. The van der Waals surface area contributed by atoms with Gasteiger partial charge in [0.15, 0.2) is 0 Å². The monoisotopic (exact) mass is 159 g/mol. The highest BCUT2D eigenvalue weighted by molar-refractivity contribution is 7.03. The van der Waals surface area contributed by atoms with E-state index in [0.717, 1.165) is 0 Å². The largest absolute Gasteiger partial charge is 0.370 e. The minimum atomic E-state index is -0.245.